The number of carbonyl (C=O) groups excluding carboxylic acids is 1. The number of hydrogen-bond acceptors (Lipinski definition) is 3. The number of nitrogens with one attached hydrogen (secondary N) is 1. The zero-order valence-electron chi connectivity index (χ0n) is 15.4. The molecule has 26 heavy (non-hydrogen) atoms. The molecule has 4 nitrogen and oxygen atoms in total. The molecule has 136 valence electrons. The molecule has 2 aromatic carbocycles. The molecule has 0 saturated heterocycles. The van der Waals surface area contributed by atoms with Crippen LogP contribution in [0.25, 0.3) is 0 Å². The van der Waals surface area contributed by atoms with E-state index in [1.54, 1.807) is 0 Å². The van der Waals surface area contributed by atoms with Crippen LogP contribution >= 0.6 is 12.2 Å². The fraction of sp³-hybridized carbons (Fsp3) is 0.333. The van der Waals surface area contributed by atoms with Crippen molar-refractivity contribution in [2.75, 3.05) is 5.32 Å². The predicted molar refractivity (Wildman–Crippen MR) is 108 cm³/mol. The van der Waals surface area contributed by atoms with Gasteiger partial charge in [-0.3, -0.25) is 4.79 Å². The molecule has 1 unspecified atom stereocenters. The molecule has 0 spiro atoms. The summed E-state index contributed by atoms with van der Waals surface area (Å²) >= 11 is 5.60. The van der Waals surface area contributed by atoms with Crippen molar-refractivity contribution in [3.8, 4) is 0 Å². The Bertz CT molecular complexity index is 799. The van der Waals surface area contributed by atoms with E-state index in [0.29, 0.717) is 11.7 Å². The largest absolute Gasteiger partial charge is 0.460 e. The lowest BCUT2D eigenvalue weighted by Gasteiger charge is -2.39. The van der Waals surface area contributed by atoms with Crippen LogP contribution in [0.15, 0.2) is 54.6 Å². The number of anilines is 1. The summed E-state index contributed by atoms with van der Waals surface area (Å²) in [6.45, 7) is 6.28. The molecule has 5 heteroatoms. The highest BCUT2D eigenvalue weighted by molar-refractivity contribution is 7.80. The van der Waals surface area contributed by atoms with Crippen LogP contribution in [0.2, 0.25) is 0 Å². The lowest BCUT2D eigenvalue weighted by Crippen LogP contribution is -2.43. The molecular formula is C21H24N2O2S. The van der Waals surface area contributed by atoms with Crippen LogP contribution in [-0.4, -0.2) is 21.6 Å². The summed E-state index contributed by atoms with van der Waals surface area (Å²) in [6.07, 6.45) is 0.253. The number of fused-ring (bicyclic) bond motifs is 1. The van der Waals surface area contributed by atoms with Gasteiger partial charge in [0.15, 0.2) is 5.11 Å². The third-order valence-electron chi connectivity index (χ3n) is 4.17. The van der Waals surface area contributed by atoms with Gasteiger partial charge in [-0.1, -0.05) is 48.5 Å². The van der Waals surface area contributed by atoms with Crippen LogP contribution in [0.4, 0.5) is 5.69 Å². The highest BCUT2D eigenvalue weighted by atomic mass is 32.1. The minimum absolute atomic E-state index is 0.157. The van der Waals surface area contributed by atoms with Crippen LogP contribution in [0.3, 0.4) is 0 Å². The highest BCUT2D eigenvalue weighted by Crippen LogP contribution is 2.36. The maximum absolute atomic E-state index is 12.5. The normalized spacial score (nSPS) is 16.7. The quantitative estimate of drug-likeness (QED) is 0.627. The maximum Gasteiger partial charge on any atom is 0.308 e. The molecule has 0 aliphatic carbocycles. The molecule has 0 bridgehead atoms. The maximum atomic E-state index is 12.5. The Kier molecular flexibility index (Phi) is 5.28. The van der Waals surface area contributed by atoms with Crippen molar-refractivity contribution in [2.24, 2.45) is 0 Å². The molecule has 1 atom stereocenters. The van der Waals surface area contributed by atoms with Crippen LogP contribution < -0.4 is 5.32 Å². The number of thiocarbonyl (C=S) groups is 1. The Morgan fingerprint density at radius 3 is 2.46 bits per heavy atom. The minimum atomic E-state index is -0.506. The molecule has 0 saturated carbocycles. The Morgan fingerprint density at radius 2 is 1.77 bits per heavy atom. The number of esters is 1. The number of benzene rings is 2. The molecule has 1 aliphatic rings. The van der Waals surface area contributed by atoms with Gasteiger partial charge in [-0.2, -0.15) is 0 Å². The Balaban J connectivity index is 1.90. The SMILES string of the molecule is CC(C)(C)OC(=O)CC1c2ccccc2NC(=S)N1Cc1ccccc1. The zero-order valence-corrected chi connectivity index (χ0v) is 16.2. The third kappa shape index (κ3) is 4.41. The fourth-order valence-electron chi connectivity index (χ4n) is 3.12. The minimum Gasteiger partial charge on any atom is -0.460 e. The van der Waals surface area contributed by atoms with Crippen molar-refractivity contribution >= 4 is 29.0 Å². The van der Waals surface area contributed by atoms with E-state index in [1.165, 1.54) is 0 Å². The molecule has 1 aliphatic heterocycles. The van der Waals surface area contributed by atoms with Gasteiger partial charge in [0.25, 0.3) is 0 Å². The molecular weight excluding hydrogens is 344 g/mol. The molecule has 3 rings (SSSR count). The molecule has 0 amide bonds. The van der Waals surface area contributed by atoms with E-state index in [4.69, 9.17) is 17.0 Å². The first-order valence-electron chi connectivity index (χ1n) is 8.76. The second kappa shape index (κ2) is 7.46. The second-order valence-electron chi connectivity index (χ2n) is 7.44. The Morgan fingerprint density at radius 1 is 1.12 bits per heavy atom. The van der Waals surface area contributed by atoms with Crippen molar-refractivity contribution in [1.29, 1.82) is 0 Å². The van der Waals surface area contributed by atoms with E-state index in [0.717, 1.165) is 16.8 Å². The van der Waals surface area contributed by atoms with Crippen LogP contribution in [0.1, 0.15) is 44.4 Å². The molecule has 1 heterocycles. The Hall–Kier alpha value is -2.40. The topological polar surface area (TPSA) is 41.6 Å². The molecule has 0 fully saturated rings. The molecule has 2 aromatic rings. The zero-order chi connectivity index (χ0) is 18.7. The number of rotatable bonds is 4. The summed E-state index contributed by atoms with van der Waals surface area (Å²) < 4.78 is 5.56. The first kappa shape index (κ1) is 18.4. The number of carbonyl (C=O) groups is 1. The van der Waals surface area contributed by atoms with Gasteiger partial charge in [-0.25, -0.2) is 0 Å². The van der Waals surface area contributed by atoms with Gasteiger partial charge in [-0.05, 0) is 50.2 Å². The van der Waals surface area contributed by atoms with E-state index in [-0.39, 0.29) is 18.4 Å². The third-order valence-corrected chi connectivity index (χ3v) is 4.51. The number of nitrogens with zero attached hydrogens (tertiary/aromatic N) is 1. The first-order chi connectivity index (χ1) is 12.3. The number of ether oxygens (including phenoxy) is 1. The van der Waals surface area contributed by atoms with Crippen molar-refractivity contribution in [3.05, 3.63) is 65.7 Å². The second-order valence-corrected chi connectivity index (χ2v) is 7.82. The smallest absolute Gasteiger partial charge is 0.308 e. The van der Waals surface area contributed by atoms with E-state index < -0.39 is 5.60 Å². The Labute approximate surface area is 160 Å². The van der Waals surface area contributed by atoms with Gasteiger partial charge in [0, 0.05) is 12.2 Å². The molecule has 0 radical (unpaired) electrons. The van der Waals surface area contributed by atoms with Crippen LogP contribution in [0.5, 0.6) is 0 Å². The molecule has 1 N–H and O–H groups in total. The summed E-state index contributed by atoms with van der Waals surface area (Å²) in [5.74, 6) is -0.222. The van der Waals surface area contributed by atoms with Gasteiger partial charge in [-0.15, -0.1) is 0 Å². The summed E-state index contributed by atoms with van der Waals surface area (Å²) in [7, 11) is 0. The summed E-state index contributed by atoms with van der Waals surface area (Å²) in [6, 6.07) is 17.9. The van der Waals surface area contributed by atoms with E-state index in [2.05, 4.69) is 22.3 Å². The monoisotopic (exact) mass is 368 g/mol. The van der Waals surface area contributed by atoms with Crippen LogP contribution in [0, 0.1) is 0 Å². The van der Waals surface area contributed by atoms with Gasteiger partial charge < -0.3 is 15.0 Å². The van der Waals surface area contributed by atoms with Gasteiger partial charge in [0.05, 0.1) is 12.5 Å². The summed E-state index contributed by atoms with van der Waals surface area (Å²) in [4.78, 5) is 14.6. The first-order valence-corrected chi connectivity index (χ1v) is 9.16. The number of para-hydroxylation sites is 1. The number of hydrogen-bond donors (Lipinski definition) is 1. The van der Waals surface area contributed by atoms with Gasteiger partial charge in [0.2, 0.25) is 0 Å². The van der Waals surface area contributed by atoms with Crippen molar-refractivity contribution in [1.82, 2.24) is 4.90 Å². The lowest BCUT2D eigenvalue weighted by molar-refractivity contribution is -0.156. The van der Waals surface area contributed by atoms with E-state index >= 15 is 0 Å². The fourth-order valence-corrected chi connectivity index (χ4v) is 3.42. The average Bonchev–Trinajstić information content (AvgIpc) is 2.57. The van der Waals surface area contributed by atoms with Gasteiger partial charge in [0.1, 0.15) is 5.60 Å². The lowest BCUT2D eigenvalue weighted by atomic mass is 9.97. The summed E-state index contributed by atoms with van der Waals surface area (Å²) in [5, 5.41) is 3.91. The predicted octanol–water partition coefficient (Wildman–Crippen LogP) is 4.67. The highest BCUT2D eigenvalue weighted by Gasteiger charge is 2.33. The van der Waals surface area contributed by atoms with Gasteiger partial charge >= 0.3 is 5.97 Å². The van der Waals surface area contributed by atoms with E-state index in [1.807, 2.05) is 63.2 Å². The average molecular weight is 369 g/mol. The van der Waals surface area contributed by atoms with Crippen LogP contribution in [-0.2, 0) is 16.1 Å². The van der Waals surface area contributed by atoms with Crippen molar-refractivity contribution < 1.29 is 9.53 Å². The van der Waals surface area contributed by atoms with Crippen molar-refractivity contribution in [3.63, 3.8) is 0 Å². The summed E-state index contributed by atoms with van der Waals surface area (Å²) in [5.41, 5.74) is 2.65. The van der Waals surface area contributed by atoms with Crippen molar-refractivity contribution in [2.45, 2.75) is 45.4 Å². The standard InChI is InChI=1S/C21H24N2O2S/c1-21(2,3)25-19(24)13-18-16-11-7-8-12-17(16)22-20(26)23(18)14-15-9-5-4-6-10-15/h4-12,18H,13-14H2,1-3H3,(H,22,26). The molecule has 0 aromatic heterocycles. The van der Waals surface area contributed by atoms with E-state index in [9.17, 15) is 4.79 Å².